The van der Waals surface area contributed by atoms with E-state index in [1.807, 2.05) is 62.1 Å². The molecule has 1 atom stereocenters. The molecule has 0 aliphatic carbocycles. The summed E-state index contributed by atoms with van der Waals surface area (Å²) in [5.74, 6) is -0.139. The first-order valence-corrected chi connectivity index (χ1v) is 9.50. The molecule has 5 heteroatoms. The lowest BCUT2D eigenvalue weighted by Crippen LogP contribution is -2.34. The lowest BCUT2D eigenvalue weighted by Gasteiger charge is -2.26. The maximum absolute atomic E-state index is 12.9. The highest BCUT2D eigenvalue weighted by Crippen LogP contribution is 2.32. The second-order valence-electron chi connectivity index (χ2n) is 7.37. The summed E-state index contributed by atoms with van der Waals surface area (Å²) >= 11 is 0. The molecule has 2 N–H and O–H groups in total. The molecule has 3 rings (SSSR count). The Morgan fingerprint density at radius 1 is 1.07 bits per heavy atom. The number of benzene rings is 2. The molecule has 5 nitrogen and oxygen atoms in total. The van der Waals surface area contributed by atoms with Crippen LogP contribution in [0.4, 0.5) is 16.2 Å². The van der Waals surface area contributed by atoms with Crippen LogP contribution in [0.1, 0.15) is 43.9 Å². The van der Waals surface area contributed by atoms with Gasteiger partial charge in [-0.2, -0.15) is 0 Å². The van der Waals surface area contributed by atoms with Crippen molar-refractivity contribution in [2.45, 2.75) is 39.7 Å². The smallest absolute Gasteiger partial charge is 0.322 e. The Morgan fingerprint density at radius 3 is 2.52 bits per heavy atom. The minimum absolute atomic E-state index is 0.0418. The summed E-state index contributed by atoms with van der Waals surface area (Å²) in [6, 6.07) is 15.7. The molecular formula is C22H27N3O2. The van der Waals surface area contributed by atoms with Crippen molar-refractivity contribution in [3.63, 3.8) is 0 Å². The van der Waals surface area contributed by atoms with Gasteiger partial charge in [0.15, 0.2) is 0 Å². The molecule has 1 aliphatic rings. The van der Waals surface area contributed by atoms with E-state index in [1.165, 1.54) is 5.56 Å². The summed E-state index contributed by atoms with van der Waals surface area (Å²) in [5, 5.41) is 5.91. The van der Waals surface area contributed by atoms with Crippen molar-refractivity contribution in [3.05, 3.63) is 59.7 Å². The van der Waals surface area contributed by atoms with E-state index in [2.05, 4.69) is 22.8 Å². The normalized spacial score (nSPS) is 16.4. The maximum Gasteiger partial charge on any atom is 0.322 e. The van der Waals surface area contributed by atoms with Crippen LogP contribution < -0.4 is 10.6 Å². The van der Waals surface area contributed by atoms with Crippen LogP contribution in [-0.2, 0) is 4.79 Å². The molecule has 2 aromatic rings. The maximum atomic E-state index is 12.9. The molecule has 1 fully saturated rings. The number of nitrogens with zero attached hydrogens (tertiary/aromatic N) is 1. The Labute approximate surface area is 160 Å². The summed E-state index contributed by atoms with van der Waals surface area (Å²) in [6.45, 7) is 6.39. The number of hydrogen-bond acceptors (Lipinski definition) is 2. The van der Waals surface area contributed by atoms with Gasteiger partial charge in [-0.25, -0.2) is 4.79 Å². The molecule has 0 bridgehead atoms. The topological polar surface area (TPSA) is 61.4 Å². The highest BCUT2D eigenvalue weighted by molar-refractivity contribution is 5.95. The number of anilines is 2. The standard InChI is InChI=1S/C22H27N3O2/c1-15(2)21(26)23-18-12-11-16(3)19(14-18)24-22(27)25-13-7-10-20(25)17-8-5-4-6-9-17/h4-6,8-9,11-12,14-15,20H,7,10,13H2,1-3H3,(H,23,26)(H,24,27). The van der Waals surface area contributed by atoms with Gasteiger partial charge >= 0.3 is 6.03 Å². The Bertz CT molecular complexity index is 818. The zero-order valence-corrected chi connectivity index (χ0v) is 16.2. The van der Waals surface area contributed by atoms with Crippen molar-refractivity contribution in [1.29, 1.82) is 0 Å². The Morgan fingerprint density at radius 2 is 1.81 bits per heavy atom. The van der Waals surface area contributed by atoms with Crippen LogP contribution >= 0.6 is 0 Å². The first-order valence-electron chi connectivity index (χ1n) is 9.50. The number of rotatable bonds is 4. The largest absolute Gasteiger partial charge is 0.326 e. The molecule has 1 unspecified atom stereocenters. The number of carbonyl (C=O) groups is 2. The predicted octanol–water partition coefficient (Wildman–Crippen LogP) is 4.96. The van der Waals surface area contributed by atoms with Gasteiger partial charge in [0.2, 0.25) is 5.91 Å². The molecule has 142 valence electrons. The summed E-state index contributed by atoms with van der Waals surface area (Å²) in [7, 11) is 0. The van der Waals surface area contributed by atoms with Gasteiger partial charge in [-0.1, -0.05) is 50.2 Å². The van der Waals surface area contributed by atoms with Gasteiger partial charge in [0.25, 0.3) is 0 Å². The minimum Gasteiger partial charge on any atom is -0.326 e. The van der Waals surface area contributed by atoms with Gasteiger partial charge in [-0.15, -0.1) is 0 Å². The summed E-state index contributed by atoms with van der Waals surface area (Å²) in [4.78, 5) is 26.7. The van der Waals surface area contributed by atoms with E-state index in [9.17, 15) is 9.59 Å². The first-order chi connectivity index (χ1) is 13.0. The highest BCUT2D eigenvalue weighted by Gasteiger charge is 2.30. The highest BCUT2D eigenvalue weighted by atomic mass is 16.2. The fraction of sp³-hybridized carbons (Fsp3) is 0.364. The van der Waals surface area contributed by atoms with Crippen LogP contribution in [0.25, 0.3) is 0 Å². The van der Waals surface area contributed by atoms with Crippen LogP contribution in [-0.4, -0.2) is 23.4 Å². The van der Waals surface area contributed by atoms with E-state index in [1.54, 1.807) is 0 Å². The number of aryl methyl sites for hydroxylation is 1. The van der Waals surface area contributed by atoms with Crippen LogP contribution in [0.15, 0.2) is 48.5 Å². The first kappa shape index (κ1) is 19.0. The molecule has 1 heterocycles. The minimum atomic E-state index is -0.100. The van der Waals surface area contributed by atoms with Crippen molar-refractivity contribution in [2.75, 3.05) is 17.2 Å². The molecule has 0 saturated carbocycles. The van der Waals surface area contributed by atoms with Crippen molar-refractivity contribution >= 4 is 23.3 Å². The van der Waals surface area contributed by atoms with E-state index in [-0.39, 0.29) is 23.9 Å². The molecule has 0 spiro atoms. The van der Waals surface area contributed by atoms with Gasteiger partial charge in [0.1, 0.15) is 0 Å². The fourth-order valence-corrected chi connectivity index (χ4v) is 3.34. The third kappa shape index (κ3) is 4.48. The van der Waals surface area contributed by atoms with Gasteiger partial charge in [0.05, 0.1) is 6.04 Å². The Hall–Kier alpha value is -2.82. The quantitative estimate of drug-likeness (QED) is 0.804. The molecule has 0 aromatic heterocycles. The summed E-state index contributed by atoms with van der Waals surface area (Å²) < 4.78 is 0. The second kappa shape index (κ2) is 8.25. The van der Waals surface area contributed by atoms with Crippen molar-refractivity contribution in [1.82, 2.24) is 4.90 Å². The lowest BCUT2D eigenvalue weighted by atomic mass is 10.1. The zero-order chi connectivity index (χ0) is 19.4. The zero-order valence-electron chi connectivity index (χ0n) is 16.2. The molecule has 27 heavy (non-hydrogen) atoms. The Balaban J connectivity index is 1.74. The van der Waals surface area contributed by atoms with Crippen LogP contribution in [0.3, 0.4) is 0 Å². The van der Waals surface area contributed by atoms with Crippen molar-refractivity contribution in [2.24, 2.45) is 5.92 Å². The van der Waals surface area contributed by atoms with Crippen molar-refractivity contribution in [3.8, 4) is 0 Å². The number of amides is 3. The van der Waals surface area contributed by atoms with Crippen LogP contribution in [0.2, 0.25) is 0 Å². The Kier molecular flexibility index (Phi) is 5.79. The average Bonchev–Trinajstić information content (AvgIpc) is 3.15. The van der Waals surface area contributed by atoms with Gasteiger partial charge in [-0.05, 0) is 43.0 Å². The van der Waals surface area contributed by atoms with E-state index < -0.39 is 0 Å². The molecule has 1 aliphatic heterocycles. The predicted molar refractivity (Wildman–Crippen MR) is 109 cm³/mol. The number of nitrogens with one attached hydrogen (secondary N) is 2. The third-order valence-electron chi connectivity index (χ3n) is 4.97. The van der Waals surface area contributed by atoms with Gasteiger partial charge < -0.3 is 15.5 Å². The molecule has 2 aromatic carbocycles. The third-order valence-corrected chi connectivity index (χ3v) is 4.97. The van der Waals surface area contributed by atoms with E-state index in [4.69, 9.17) is 0 Å². The number of hydrogen-bond donors (Lipinski definition) is 2. The molecule has 3 amide bonds. The van der Waals surface area contributed by atoms with E-state index >= 15 is 0 Å². The fourth-order valence-electron chi connectivity index (χ4n) is 3.34. The number of carbonyl (C=O) groups excluding carboxylic acids is 2. The van der Waals surface area contributed by atoms with Gasteiger partial charge in [0, 0.05) is 23.8 Å². The molecule has 1 saturated heterocycles. The monoisotopic (exact) mass is 365 g/mol. The molecular weight excluding hydrogens is 338 g/mol. The average molecular weight is 365 g/mol. The summed E-state index contributed by atoms with van der Waals surface area (Å²) in [5.41, 5.74) is 3.54. The van der Waals surface area contributed by atoms with E-state index in [0.717, 1.165) is 30.6 Å². The lowest BCUT2D eigenvalue weighted by molar-refractivity contribution is -0.118. The molecule has 0 radical (unpaired) electrons. The summed E-state index contributed by atoms with van der Waals surface area (Å²) in [6.07, 6.45) is 1.97. The van der Waals surface area contributed by atoms with Crippen LogP contribution in [0.5, 0.6) is 0 Å². The van der Waals surface area contributed by atoms with Crippen LogP contribution in [0, 0.1) is 12.8 Å². The van der Waals surface area contributed by atoms with Gasteiger partial charge in [-0.3, -0.25) is 4.79 Å². The number of likely N-dealkylation sites (tertiary alicyclic amines) is 1. The second-order valence-corrected chi connectivity index (χ2v) is 7.37. The van der Waals surface area contributed by atoms with E-state index in [0.29, 0.717) is 5.69 Å². The van der Waals surface area contributed by atoms with Crippen molar-refractivity contribution < 1.29 is 9.59 Å². The SMILES string of the molecule is Cc1ccc(NC(=O)C(C)C)cc1NC(=O)N1CCCC1c1ccccc1. The number of urea groups is 1.